The summed E-state index contributed by atoms with van der Waals surface area (Å²) in [6.07, 6.45) is 7.10. The molecule has 80 heavy (non-hydrogen) atoms. The molecule has 0 aromatic heterocycles. The molecular weight excluding hydrogens is 965 g/mol. The zero-order chi connectivity index (χ0) is 53.9. The Morgan fingerprint density at radius 1 is 0.338 bits per heavy atom. The second-order valence-corrected chi connectivity index (χ2v) is 25.8. The zero-order valence-electron chi connectivity index (χ0n) is 47.1. The van der Waals surface area contributed by atoms with Crippen LogP contribution in [0.15, 0.2) is 218 Å². The van der Waals surface area contributed by atoms with E-state index in [1.54, 1.807) is 0 Å². The van der Waals surface area contributed by atoms with Gasteiger partial charge in [-0.3, -0.25) is 0 Å². The fourth-order valence-corrected chi connectivity index (χ4v) is 17.2. The minimum atomic E-state index is -0.0684. The lowest BCUT2D eigenvalue weighted by atomic mass is 9.59. The molecule has 0 saturated heterocycles. The number of hydrogen-bond acceptors (Lipinski definition) is 2. The van der Waals surface area contributed by atoms with E-state index in [0.717, 1.165) is 25.7 Å². The Balaban J connectivity index is 1.00. The van der Waals surface area contributed by atoms with Crippen LogP contribution >= 0.6 is 0 Å². The van der Waals surface area contributed by atoms with Crippen molar-refractivity contribution in [2.45, 2.75) is 102 Å². The Morgan fingerprint density at radius 2 is 0.713 bits per heavy atom. The highest BCUT2D eigenvalue weighted by Gasteiger charge is 2.60. The van der Waals surface area contributed by atoms with Crippen LogP contribution in [0.25, 0.3) is 98.4 Å². The molecule has 2 heteroatoms. The van der Waals surface area contributed by atoms with Gasteiger partial charge < -0.3 is 9.80 Å². The Labute approximate surface area is 471 Å². The van der Waals surface area contributed by atoms with Crippen molar-refractivity contribution in [2.24, 2.45) is 11.8 Å². The molecule has 16 rings (SSSR count). The predicted molar refractivity (Wildman–Crippen MR) is 342 cm³/mol. The minimum absolute atomic E-state index is 0.0381. The van der Waals surface area contributed by atoms with Crippen molar-refractivity contribution in [1.82, 2.24) is 0 Å². The van der Waals surface area contributed by atoms with Crippen LogP contribution in [0.3, 0.4) is 0 Å². The standard InChI is InChI=1S/C78H68N2/c1-49-39-41-75(3)69-43-53(31-37-71(69)79(77(75,5)47-49)55-23-9-7-10-24-55)65-45-67(59-29-17-21-51-19-13-15-27-57(51)59)63-36-34-62-66(46-68(64-35-33-61(65)73(63)74(62)64)60-30-18-22-52-20-14-16-28-58(52)60)54-32-38-72-70(44-54)76(4)42-40-50(2)48-78(76,6)80(72)56-25-11-8-12-26-56/h7-38,43-46,49-50H,39-42,47-48H2,1-6H3. The summed E-state index contributed by atoms with van der Waals surface area (Å²) in [5.74, 6) is 1.30. The van der Waals surface area contributed by atoms with Crippen molar-refractivity contribution < 1.29 is 0 Å². The lowest BCUT2D eigenvalue weighted by molar-refractivity contribution is 0.154. The van der Waals surface area contributed by atoms with Crippen molar-refractivity contribution in [2.75, 3.05) is 9.80 Å². The molecule has 2 aliphatic carbocycles. The first-order valence-corrected chi connectivity index (χ1v) is 29.7. The fourth-order valence-electron chi connectivity index (χ4n) is 17.2. The topological polar surface area (TPSA) is 6.48 Å². The maximum Gasteiger partial charge on any atom is 0.0520 e. The highest BCUT2D eigenvalue weighted by Crippen LogP contribution is 2.64. The number of rotatable bonds is 6. The average molecular weight is 1030 g/mol. The van der Waals surface area contributed by atoms with Crippen LogP contribution in [0.5, 0.6) is 0 Å². The van der Waals surface area contributed by atoms with Crippen molar-refractivity contribution in [3.63, 3.8) is 0 Å². The molecule has 2 saturated carbocycles. The summed E-state index contributed by atoms with van der Waals surface area (Å²) >= 11 is 0. The van der Waals surface area contributed by atoms with Gasteiger partial charge in [-0.15, -0.1) is 0 Å². The molecule has 12 aromatic rings. The number of nitrogens with zero attached hydrogens (tertiary/aromatic N) is 2. The van der Waals surface area contributed by atoms with E-state index in [1.807, 2.05) is 0 Å². The number of para-hydroxylation sites is 2. The highest BCUT2D eigenvalue weighted by atomic mass is 15.3. The quantitative estimate of drug-likeness (QED) is 0.153. The van der Waals surface area contributed by atoms with E-state index < -0.39 is 0 Å². The first-order chi connectivity index (χ1) is 39.0. The van der Waals surface area contributed by atoms with Crippen LogP contribution in [-0.2, 0) is 10.8 Å². The van der Waals surface area contributed by atoms with E-state index in [2.05, 4.69) is 270 Å². The highest BCUT2D eigenvalue weighted by molar-refractivity contribution is 6.33. The largest absolute Gasteiger partial charge is 0.334 e. The van der Waals surface area contributed by atoms with E-state index in [4.69, 9.17) is 0 Å². The van der Waals surface area contributed by atoms with Gasteiger partial charge in [-0.25, -0.2) is 0 Å². The molecule has 2 heterocycles. The molecule has 6 unspecified atom stereocenters. The Bertz CT molecular complexity index is 4200. The van der Waals surface area contributed by atoms with E-state index in [9.17, 15) is 0 Å². The van der Waals surface area contributed by atoms with E-state index >= 15 is 0 Å². The van der Waals surface area contributed by atoms with Crippen molar-refractivity contribution >= 4 is 76.6 Å². The second kappa shape index (κ2) is 17.2. The van der Waals surface area contributed by atoms with Gasteiger partial charge in [0.25, 0.3) is 0 Å². The first kappa shape index (κ1) is 47.8. The summed E-state index contributed by atoms with van der Waals surface area (Å²) < 4.78 is 0. The van der Waals surface area contributed by atoms with Gasteiger partial charge in [0.1, 0.15) is 0 Å². The van der Waals surface area contributed by atoms with Crippen LogP contribution in [0.1, 0.15) is 91.2 Å². The van der Waals surface area contributed by atoms with Gasteiger partial charge in [0, 0.05) is 33.6 Å². The third-order valence-electron chi connectivity index (χ3n) is 21.5. The van der Waals surface area contributed by atoms with Crippen LogP contribution in [0, 0.1) is 11.8 Å². The molecule has 4 aliphatic rings. The van der Waals surface area contributed by atoms with Gasteiger partial charge in [-0.1, -0.05) is 185 Å². The Hall–Kier alpha value is -8.20. The molecule has 0 N–H and O–H groups in total. The fraction of sp³-hybridized carbons (Fsp3) is 0.231. The van der Waals surface area contributed by atoms with Crippen LogP contribution in [0.4, 0.5) is 22.7 Å². The molecule has 2 aliphatic heterocycles. The molecule has 0 radical (unpaired) electrons. The van der Waals surface area contributed by atoms with Crippen LogP contribution < -0.4 is 9.80 Å². The van der Waals surface area contributed by atoms with Gasteiger partial charge in [-0.2, -0.15) is 0 Å². The Kier molecular flexibility index (Phi) is 10.2. The summed E-state index contributed by atoms with van der Waals surface area (Å²) in [6.45, 7) is 15.2. The van der Waals surface area contributed by atoms with Gasteiger partial charge in [0.05, 0.1) is 11.1 Å². The summed E-state index contributed by atoms with van der Waals surface area (Å²) in [4.78, 5) is 5.44. The lowest BCUT2D eigenvalue weighted by Crippen LogP contribution is -2.56. The van der Waals surface area contributed by atoms with Gasteiger partial charge in [-0.05, 0) is 234 Å². The third-order valence-corrected chi connectivity index (χ3v) is 21.5. The molecule has 12 aromatic carbocycles. The minimum Gasteiger partial charge on any atom is -0.334 e. The zero-order valence-corrected chi connectivity index (χ0v) is 47.1. The summed E-state index contributed by atoms with van der Waals surface area (Å²) in [7, 11) is 0. The SMILES string of the molecule is CC1CCC2(C)c3cc(-c4cc(-c5cccc6ccccc56)c5ccc6c(-c7ccc8c(c7)C7(C)CCC(C)CC7(C)N8c7ccccc7)cc(-c7cccc8ccccc78)c7ccc4c5c67)ccc3N(c3ccccc3)C2(C)C1. The first-order valence-electron chi connectivity index (χ1n) is 29.7. The second-order valence-electron chi connectivity index (χ2n) is 25.8. The van der Waals surface area contributed by atoms with Gasteiger partial charge in [0.15, 0.2) is 0 Å². The van der Waals surface area contributed by atoms with Crippen molar-refractivity contribution in [3.8, 4) is 44.5 Å². The predicted octanol–water partition coefficient (Wildman–Crippen LogP) is 21.5. The molecule has 0 amide bonds. The lowest BCUT2D eigenvalue weighted by Gasteiger charge is -2.52. The number of hydrogen-bond donors (Lipinski definition) is 0. The summed E-state index contributed by atoms with van der Waals surface area (Å²) in [6, 6.07) is 84.4. The molecule has 2 fully saturated rings. The van der Waals surface area contributed by atoms with E-state index in [-0.39, 0.29) is 21.9 Å². The smallest absolute Gasteiger partial charge is 0.0520 e. The van der Waals surface area contributed by atoms with Gasteiger partial charge >= 0.3 is 0 Å². The monoisotopic (exact) mass is 1030 g/mol. The van der Waals surface area contributed by atoms with Crippen molar-refractivity contribution in [1.29, 1.82) is 0 Å². The van der Waals surface area contributed by atoms with E-state index in [0.29, 0.717) is 11.8 Å². The number of anilines is 4. The third kappa shape index (κ3) is 6.48. The summed E-state index contributed by atoms with van der Waals surface area (Å²) in [5.41, 5.74) is 18.3. The van der Waals surface area contributed by atoms with E-state index in [1.165, 1.54) is 145 Å². The van der Waals surface area contributed by atoms with Crippen molar-refractivity contribution in [3.05, 3.63) is 230 Å². The maximum atomic E-state index is 2.72. The van der Waals surface area contributed by atoms with Crippen LogP contribution in [0.2, 0.25) is 0 Å². The molecule has 2 nitrogen and oxygen atoms in total. The molecular formula is C78H68N2. The maximum absolute atomic E-state index is 2.72. The molecule has 6 atom stereocenters. The molecule has 0 spiro atoms. The normalized spacial score (nSPS) is 24.2. The molecule has 0 bridgehead atoms. The Morgan fingerprint density at radius 3 is 1.14 bits per heavy atom. The summed E-state index contributed by atoms with van der Waals surface area (Å²) in [5, 5.41) is 13.0. The number of fused-ring (bicyclic) bond motifs is 8. The average Bonchev–Trinajstić information content (AvgIpc) is 3.85. The molecule has 390 valence electrons. The number of benzene rings is 12. The van der Waals surface area contributed by atoms with Crippen LogP contribution in [-0.4, -0.2) is 11.1 Å². The van der Waals surface area contributed by atoms with Gasteiger partial charge in [0.2, 0.25) is 0 Å².